The number of carbonyl (C=O) groups is 4. The lowest BCUT2D eigenvalue weighted by molar-refractivity contribution is -0.141. The zero-order chi connectivity index (χ0) is 14.4. The molecule has 0 aliphatic carbocycles. The first kappa shape index (κ1) is 14.9. The molecule has 1 fully saturated rings. The summed E-state index contributed by atoms with van der Waals surface area (Å²) in [6, 6.07) is -0.347. The molecule has 4 amide bonds. The number of carbonyl (C=O) groups excluding carboxylic acids is 4. The summed E-state index contributed by atoms with van der Waals surface area (Å²) in [7, 11) is 2.78. The van der Waals surface area contributed by atoms with E-state index in [-0.39, 0.29) is 43.9 Å². The van der Waals surface area contributed by atoms with Crippen molar-refractivity contribution in [2.75, 3.05) is 33.8 Å². The fraction of sp³-hybridized carbons (Fsp3) is 0.636. The van der Waals surface area contributed by atoms with Crippen LogP contribution in [0, 0.1) is 0 Å². The molecule has 0 saturated carbocycles. The molecule has 0 aromatic heterocycles. The predicted octanol–water partition coefficient (Wildman–Crippen LogP) is -1.05. The van der Waals surface area contributed by atoms with E-state index in [0.717, 1.165) is 4.90 Å². The molecule has 19 heavy (non-hydrogen) atoms. The van der Waals surface area contributed by atoms with E-state index in [1.807, 2.05) is 0 Å². The van der Waals surface area contributed by atoms with Crippen molar-refractivity contribution in [2.45, 2.75) is 12.8 Å². The van der Waals surface area contributed by atoms with Crippen molar-refractivity contribution in [1.29, 1.82) is 0 Å². The minimum absolute atomic E-state index is 0.0768. The average molecular weight is 271 g/mol. The Kier molecular flexibility index (Phi) is 5.28. The molecule has 8 heteroatoms. The van der Waals surface area contributed by atoms with Crippen LogP contribution in [0.15, 0.2) is 0 Å². The maximum atomic E-state index is 11.5. The van der Waals surface area contributed by atoms with Gasteiger partial charge in [-0.15, -0.1) is 0 Å². The molecule has 1 rings (SSSR count). The predicted molar refractivity (Wildman–Crippen MR) is 64.0 cm³/mol. The van der Waals surface area contributed by atoms with E-state index in [1.165, 1.54) is 12.0 Å². The number of hydrogen-bond acceptors (Lipinski definition) is 5. The number of nitrogens with zero attached hydrogens (tertiary/aromatic N) is 2. The Morgan fingerprint density at radius 1 is 1.37 bits per heavy atom. The number of ether oxygens (including phenoxy) is 1. The lowest BCUT2D eigenvalue weighted by Gasteiger charge is -2.13. The van der Waals surface area contributed by atoms with Gasteiger partial charge in [0, 0.05) is 20.0 Å². The van der Waals surface area contributed by atoms with Crippen molar-refractivity contribution in [3.8, 4) is 0 Å². The zero-order valence-corrected chi connectivity index (χ0v) is 11.0. The largest absolute Gasteiger partial charge is 0.468 e. The quantitative estimate of drug-likeness (QED) is 0.491. The standard InChI is InChI=1S/C11H17N3O5/c1-13-7-9(16)14(11(13)18)5-3-4-8(15)12-6-10(17)19-2/h3-7H2,1-2H3,(H,12,15). The summed E-state index contributed by atoms with van der Waals surface area (Å²) in [6.07, 6.45) is 0.496. The second-order valence-electron chi connectivity index (χ2n) is 4.14. The Balaban J connectivity index is 2.23. The van der Waals surface area contributed by atoms with Crippen LogP contribution < -0.4 is 5.32 Å². The smallest absolute Gasteiger partial charge is 0.326 e. The molecular weight excluding hydrogens is 254 g/mol. The van der Waals surface area contributed by atoms with Gasteiger partial charge >= 0.3 is 12.0 Å². The van der Waals surface area contributed by atoms with Gasteiger partial charge in [0.05, 0.1) is 7.11 Å². The van der Waals surface area contributed by atoms with Crippen molar-refractivity contribution in [3.63, 3.8) is 0 Å². The lowest BCUT2D eigenvalue weighted by Crippen LogP contribution is -2.34. The number of rotatable bonds is 6. The first-order valence-electron chi connectivity index (χ1n) is 5.84. The molecule has 0 spiro atoms. The molecule has 0 atom stereocenters. The summed E-state index contributed by atoms with van der Waals surface area (Å²) in [4.78, 5) is 47.5. The Hall–Kier alpha value is -2.12. The Labute approximate surface area is 110 Å². The third-order valence-corrected chi connectivity index (χ3v) is 2.67. The normalized spacial score (nSPS) is 14.8. The van der Waals surface area contributed by atoms with Crippen LogP contribution in [-0.4, -0.2) is 67.4 Å². The van der Waals surface area contributed by atoms with Crippen LogP contribution in [0.5, 0.6) is 0 Å². The molecule has 1 saturated heterocycles. The van der Waals surface area contributed by atoms with Crippen LogP contribution in [0.2, 0.25) is 0 Å². The number of amides is 4. The summed E-state index contributed by atoms with van der Waals surface area (Å²) in [5, 5.41) is 2.38. The first-order chi connectivity index (χ1) is 8.95. The monoisotopic (exact) mass is 271 g/mol. The molecular formula is C11H17N3O5. The van der Waals surface area contributed by atoms with E-state index in [4.69, 9.17) is 0 Å². The molecule has 0 bridgehead atoms. The fourth-order valence-electron chi connectivity index (χ4n) is 1.62. The number of methoxy groups -OCH3 is 1. The van der Waals surface area contributed by atoms with Gasteiger partial charge in [0.2, 0.25) is 11.8 Å². The number of urea groups is 1. The third kappa shape index (κ3) is 4.23. The fourth-order valence-corrected chi connectivity index (χ4v) is 1.62. The number of esters is 1. The number of hydrogen-bond donors (Lipinski definition) is 1. The van der Waals surface area contributed by atoms with E-state index in [1.54, 1.807) is 7.05 Å². The molecule has 0 aromatic rings. The molecule has 8 nitrogen and oxygen atoms in total. The van der Waals surface area contributed by atoms with Gasteiger partial charge in [0.1, 0.15) is 13.1 Å². The van der Waals surface area contributed by atoms with E-state index in [9.17, 15) is 19.2 Å². The molecule has 0 radical (unpaired) electrons. The van der Waals surface area contributed by atoms with Gasteiger partial charge in [0.25, 0.3) is 0 Å². The highest BCUT2D eigenvalue weighted by Gasteiger charge is 2.32. The van der Waals surface area contributed by atoms with Crippen molar-refractivity contribution in [3.05, 3.63) is 0 Å². The van der Waals surface area contributed by atoms with Gasteiger partial charge in [-0.1, -0.05) is 0 Å². The summed E-state index contributed by atoms with van der Waals surface area (Å²) >= 11 is 0. The van der Waals surface area contributed by atoms with E-state index < -0.39 is 5.97 Å². The van der Waals surface area contributed by atoms with E-state index in [0.29, 0.717) is 6.42 Å². The minimum atomic E-state index is -0.528. The van der Waals surface area contributed by atoms with Crippen LogP contribution in [0.25, 0.3) is 0 Å². The molecule has 106 valence electrons. The van der Waals surface area contributed by atoms with Crippen molar-refractivity contribution in [2.24, 2.45) is 0 Å². The van der Waals surface area contributed by atoms with Crippen molar-refractivity contribution in [1.82, 2.24) is 15.1 Å². The molecule has 0 aromatic carbocycles. The maximum absolute atomic E-state index is 11.5. The highest BCUT2D eigenvalue weighted by atomic mass is 16.5. The molecule has 1 N–H and O–H groups in total. The van der Waals surface area contributed by atoms with Gasteiger partial charge in [-0.3, -0.25) is 19.3 Å². The molecule has 1 aliphatic rings. The number of likely N-dealkylation sites (N-methyl/N-ethyl adjacent to an activating group) is 1. The summed E-state index contributed by atoms with van der Waals surface area (Å²) < 4.78 is 4.37. The third-order valence-electron chi connectivity index (χ3n) is 2.67. The second kappa shape index (κ2) is 6.72. The van der Waals surface area contributed by atoms with Crippen molar-refractivity contribution < 1.29 is 23.9 Å². The summed E-state index contributed by atoms with van der Waals surface area (Å²) in [5.74, 6) is -1.11. The summed E-state index contributed by atoms with van der Waals surface area (Å²) in [5.41, 5.74) is 0. The van der Waals surface area contributed by atoms with Crippen LogP contribution >= 0.6 is 0 Å². The van der Waals surface area contributed by atoms with Gasteiger partial charge in [0.15, 0.2) is 0 Å². The zero-order valence-electron chi connectivity index (χ0n) is 11.0. The van der Waals surface area contributed by atoms with Crippen LogP contribution in [-0.2, 0) is 19.1 Å². The van der Waals surface area contributed by atoms with Gasteiger partial charge in [-0.2, -0.15) is 0 Å². The lowest BCUT2D eigenvalue weighted by atomic mass is 10.3. The average Bonchev–Trinajstić information content (AvgIpc) is 2.62. The van der Waals surface area contributed by atoms with Crippen LogP contribution in [0.1, 0.15) is 12.8 Å². The minimum Gasteiger partial charge on any atom is -0.468 e. The van der Waals surface area contributed by atoms with Gasteiger partial charge < -0.3 is 15.0 Å². The molecule has 0 unspecified atom stereocenters. The first-order valence-corrected chi connectivity index (χ1v) is 5.84. The Morgan fingerprint density at radius 2 is 2.05 bits per heavy atom. The number of imide groups is 1. The Bertz CT molecular complexity index is 396. The Morgan fingerprint density at radius 3 is 2.58 bits per heavy atom. The molecule has 1 aliphatic heterocycles. The van der Waals surface area contributed by atoms with Crippen LogP contribution in [0.4, 0.5) is 4.79 Å². The van der Waals surface area contributed by atoms with Crippen molar-refractivity contribution >= 4 is 23.8 Å². The maximum Gasteiger partial charge on any atom is 0.326 e. The SMILES string of the molecule is COC(=O)CNC(=O)CCCN1C(=O)CN(C)C1=O. The molecule has 1 heterocycles. The highest BCUT2D eigenvalue weighted by Crippen LogP contribution is 2.08. The van der Waals surface area contributed by atoms with Gasteiger partial charge in [-0.25, -0.2) is 4.79 Å². The van der Waals surface area contributed by atoms with E-state index >= 15 is 0 Å². The summed E-state index contributed by atoms with van der Waals surface area (Å²) in [6.45, 7) is 0.0979. The highest BCUT2D eigenvalue weighted by molar-refractivity contribution is 6.01. The van der Waals surface area contributed by atoms with E-state index in [2.05, 4.69) is 10.1 Å². The van der Waals surface area contributed by atoms with Gasteiger partial charge in [-0.05, 0) is 6.42 Å². The topological polar surface area (TPSA) is 96.0 Å². The van der Waals surface area contributed by atoms with Crippen LogP contribution in [0.3, 0.4) is 0 Å². The number of nitrogens with one attached hydrogen (secondary N) is 1. The second-order valence-corrected chi connectivity index (χ2v) is 4.14.